The van der Waals surface area contributed by atoms with E-state index in [-0.39, 0.29) is 12.7 Å². The molecule has 2 heterocycles. The Bertz CT molecular complexity index is 888. The van der Waals surface area contributed by atoms with Crippen LogP contribution in [0.15, 0.2) is 36.4 Å². The summed E-state index contributed by atoms with van der Waals surface area (Å²) >= 11 is 6.31. The van der Waals surface area contributed by atoms with Crippen molar-refractivity contribution >= 4 is 17.5 Å². The number of amides is 1. The number of ether oxygens (including phenoxy) is 3. The van der Waals surface area contributed by atoms with Crippen molar-refractivity contribution in [2.45, 2.75) is 25.8 Å². The summed E-state index contributed by atoms with van der Waals surface area (Å²) in [6, 6.07) is 11.9. The van der Waals surface area contributed by atoms with Crippen LogP contribution in [0, 0.1) is 0 Å². The molecule has 160 valence electrons. The normalized spacial score (nSPS) is 16.4. The zero-order valence-corrected chi connectivity index (χ0v) is 18.0. The molecule has 0 aromatic heterocycles. The molecule has 6 nitrogen and oxygen atoms in total. The van der Waals surface area contributed by atoms with Gasteiger partial charge in [0.1, 0.15) is 5.75 Å². The van der Waals surface area contributed by atoms with Gasteiger partial charge < -0.3 is 19.1 Å². The lowest BCUT2D eigenvalue weighted by molar-refractivity contribution is -0.131. The lowest BCUT2D eigenvalue weighted by atomic mass is 10.1. The Balaban J connectivity index is 1.28. The molecule has 0 N–H and O–H groups in total. The van der Waals surface area contributed by atoms with Crippen molar-refractivity contribution in [1.29, 1.82) is 0 Å². The number of methoxy groups -OCH3 is 1. The van der Waals surface area contributed by atoms with E-state index in [0.717, 1.165) is 62.4 Å². The minimum atomic E-state index is 0.218. The van der Waals surface area contributed by atoms with Crippen molar-refractivity contribution in [1.82, 2.24) is 9.80 Å². The third kappa shape index (κ3) is 4.99. The maximum atomic E-state index is 12.7. The maximum absolute atomic E-state index is 12.7. The van der Waals surface area contributed by atoms with E-state index < -0.39 is 0 Å². The summed E-state index contributed by atoms with van der Waals surface area (Å²) in [6.07, 6.45) is 2.25. The van der Waals surface area contributed by atoms with Gasteiger partial charge in [-0.05, 0) is 48.2 Å². The van der Waals surface area contributed by atoms with E-state index in [1.54, 1.807) is 7.11 Å². The van der Waals surface area contributed by atoms with Crippen LogP contribution >= 0.6 is 11.6 Å². The SMILES string of the molecule is COc1ccc(CCC(=O)N2CCCN(Cc3cc(Cl)c4c(c3)OCO4)CC2)cc1. The van der Waals surface area contributed by atoms with Crippen LogP contribution in [0.2, 0.25) is 5.02 Å². The van der Waals surface area contributed by atoms with Crippen molar-refractivity contribution in [3.8, 4) is 17.2 Å². The zero-order valence-electron chi connectivity index (χ0n) is 17.2. The van der Waals surface area contributed by atoms with E-state index in [0.29, 0.717) is 22.9 Å². The van der Waals surface area contributed by atoms with Crippen molar-refractivity contribution in [2.24, 2.45) is 0 Å². The third-order valence-electron chi connectivity index (χ3n) is 5.62. The van der Waals surface area contributed by atoms with Gasteiger partial charge in [0.2, 0.25) is 12.7 Å². The van der Waals surface area contributed by atoms with Crippen LogP contribution in [0.25, 0.3) is 0 Å². The zero-order chi connectivity index (χ0) is 20.9. The Labute approximate surface area is 182 Å². The number of rotatable bonds is 6. The fraction of sp³-hybridized carbons (Fsp3) is 0.435. The molecule has 4 rings (SSSR count). The largest absolute Gasteiger partial charge is 0.497 e. The third-order valence-corrected chi connectivity index (χ3v) is 5.90. The van der Waals surface area contributed by atoms with Gasteiger partial charge in [-0.25, -0.2) is 0 Å². The summed E-state index contributed by atoms with van der Waals surface area (Å²) < 4.78 is 16.0. The molecule has 0 bridgehead atoms. The molecule has 2 aliphatic heterocycles. The van der Waals surface area contributed by atoms with Crippen LogP contribution in [0.1, 0.15) is 24.0 Å². The van der Waals surface area contributed by atoms with Gasteiger partial charge >= 0.3 is 0 Å². The number of fused-ring (bicyclic) bond motifs is 1. The van der Waals surface area contributed by atoms with Gasteiger partial charge in [0.15, 0.2) is 11.5 Å². The lowest BCUT2D eigenvalue weighted by Crippen LogP contribution is -2.35. The Morgan fingerprint density at radius 3 is 2.70 bits per heavy atom. The average Bonchev–Trinajstić information content (AvgIpc) is 3.11. The molecule has 1 amide bonds. The molecule has 1 saturated heterocycles. The van der Waals surface area contributed by atoms with Gasteiger partial charge in [-0.2, -0.15) is 0 Å². The van der Waals surface area contributed by atoms with Crippen LogP contribution < -0.4 is 14.2 Å². The summed E-state index contributed by atoms with van der Waals surface area (Å²) in [7, 11) is 1.66. The number of nitrogens with zero attached hydrogens (tertiary/aromatic N) is 2. The molecule has 30 heavy (non-hydrogen) atoms. The molecule has 2 aliphatic rings. The highest BCUT2D eigenvalue weighted by atomic mass is 35.5. The highest BCUT2D eigenvalue weighted by molar-refractivity contribution is 6.32. The quantitative estimate of drug-likeness (QED) is 0.698. The maximum Gasteiger partial charge on any atom is 0.231 e. The van der Waals surface area contributed by atoms with Crippen molar-refractivity contribution in [3.05, 3.63) is 52.5 Å². The minimum absolute atomic E-state index is 0.218. The predicted octanol–water partition coefficient (Wildman–Crippen LogP) is 3.74. The second-order valence-corrected chi connectivity index (χ2v) is 8.08. The Kier molecular flexibility index (Phi) is 6.65. The first kappa shape index (κ1) is 20.8. The molecule has 7 heteroatoms. The molecule has 0 saturated carbocycles. The van der Waals surface area contributed by atoms with Gasteiger partial charge in [-0.3, -0.25) is 9.69 Å². The molecule has 2 aromatic carbocycles. The van der Waals surface area contributed by atoms with E-state index in [4.69, 9.17) is 25.8 Å². The molecular weight excluding hydrogens is 404 g/mol. The molecule has 0 unspecified atom stereocenters. The lowest BCUT2D eigenvalue weighted by Gasteiger charge is -2.22. The summed E-state index contributed by atoms with van der Waals surface area (Å²) in [5.41, 5.74) is 2.25. The minimum Gasteiger partial charge on any atom is -0.497 e. The van der Waals surface area contributed by atoms with Crippen molar-refractivity contribution < 1.29 is 19.0 Å². The number of carbonyl (C=O) groups is 1. The predicted molar refractivity (Wildman–Crippen MR) is 115 cm³/mol. The first-order valence-corrected chi connectivity index (χ1v) is 10.7. The van der Waals surface area contributed by atoms with Gasteiger partial charge in [0.25, 0.3) is 0 Å². The van der Waals surface area contributed by atoms with Gasteiger partial charge in [0.05, 0.1) is 12.1 Å². The number of carbonyl (C=O) groups excluding carboxylic acids is 1. The number of aryl methyl sites for hydroxylation is 1. The van der Waals surface area contributed by atoms with Gasteiger partial charge in [-0.1, -0.05) is 23.7 Å². The Hall–Kier alpha value is -2.44. The Morgan fingerprint density at radius 2 is 1.90 bits per heavy atom. The molecule has 0 spiro atoms. The topological polar surface area (TPSA) is 51.2 Å². The van der Waals surface area contributed by atoms with Gasteiger partial charge in [-0.15, -0.1) is 0 Å². The second kappa shape index (κ2) is 9.58. The van der Waals surface area contributed by atoms with E-state index in [9.17, 15) is 4.79 Å². The number of hydrogen-bond acceptors (Lipinski definition) is 5. The van der Waals surface area contributed by atoms with E-state index in [1.165, 1.54) is 0 Å². The molecular formula is C23H27ClN2O4. The van der Waals surface area contributed by atoms with Crippen molar-refractivity contribution in [2.75, 3.05) is 40.1 Å². The molecule has 0 radical (unpaired) electrons. The fourth-order valence-electron chi connectivity index (χ4n) is 3.95. The number of hydrogen-bond donors (Lipinski definition) is 0. The first-order chi connectivity index (χ1) is 14.6. The standard InChI is InChI=1S/C23H27ClN2O4/c1-28-19-6-3-17(4-7-19)5-8-22(27)26-10-2-9-25(11-12-26)15-18-13-20(24)23-21(14-18)29-16-30-23/h3-4,6-7,13-14H,2,5,8-12,15-16H2,1H3. The number of halogens is 1. The summed E-state index contributed by atoms with van der Waals surface area (Å²) in [4.78, 5) is 17.1. The van der Waals surface area contributed by atoms with Crippen LogP contribution in [0.3, 0.4) is 0 Å². The van der Waals surface area contributed by atoms with E-state index in [2.05, 4.69) is 4.90 Å². The van der Waals surface area contributed by atoms with E-state index >= 15 is 0 Å². The highest BCUT2D eigenvalue weighted by Crippen LogP contribution is 2.40. The highest BCUT2D eigenvalue weighted by Gasteiger charge is 2.22. The first-order valence-electron chi connectivity index (χ1n) is 10.3. The molecule has 1 fully saturated rings. The summed E-state index contributed by atoms with van der Waals surface area (Å²) in [5, 5.41) is 0.588. The smallest absolute Gasteiger partial charge is 0.231 e. The van der Waals surface area contributed by atoms with E-state index in [1.807, 2.05) is 41.3 Å². The number of benzene rings is 2. The molecule has 2 aromatic rings. The van der Waals surface area contributed by atoms with Crippen LogP contribution in [-0.2, 0) is 17.8 Å². The molecule has 0 atom stereocenters. The molecule has 0 aliphatic carbocycles. The van der Waals surface area contributed by atoms with Crippen molar-refractivity contribution in [3.63, 3.8) is 0 Å². The fourth-order valence-corrected chi connectivity index (χ4v) is 4.24. The average molecular weight is 431 g/mol. The summed E-state index contributed by atoms with van der Waals surface area (Å²) in [5.74, 6) is 2.40. The Morgan fingerprint density at radius 1 is 1.07 bits per heavy atom. The van der Waals surface area contributed by atoms with Crippen LogP contribution in [0.4, 0.5) is 0 Å². The van der Waals surface area contributed by atoms with Crippen LogP contribution in [0.5, 0.6) is 17.2 Å². The van der Waals surface area contributed by atoms with Gasteiger partial charge in [0, 0.05) is 39.1 Å². The van der Waals surface area contributed by atoms with Crippen LogP contribution in [-0.4, -0.2) is 55.8 Å². The monoisotopic (exact) mass is 430 g/mol. The summed E-state index contributed by atoms with van der Waals surface area (Å²) in [6.45, 7) is 4.36. The second-order valence-electron chi connectivity index (χ2n) is 7.67.